The summed E-state index contributed by atoms with van der Waals surface area (Å²) in [7, 11) is 0. The molecule has 0 bridgehead atoms. The number of hydrogen-bond acceptors (Lipinski definition) is 6. The van der Waals surface area contributed by atoms with Crippen LogP contribution in [0, 0.1) is 0 Å². The Kier molecular flexibility index (Phi) is 7.94. The summed E-state index contributed by atoms with van der Waals surface area (Å²) in [5.41, 5.74) is 10.0. The zero-order chi connectivity index (χ0) is 41.4. The minimum atomic E-state index is 0.613. The molecule has 0 saturated heterocycles. The molecule has 7 nitrogen and oxygen atoms in total. The summed E-state index contributed by atoms with van der Waals surface area (Å²) in [6.45, 7) is 0. The van der Waals surface area contributed by atoms with Crippen LogP contribution in [0.25, 0.3) is 121 Å². The first-order chi connectivity index (χ1) is 31.2. The molecule has 13 rings (SSSR count). The first-order valence-corrected chi connectivity index (χ1v) is 21.7. The molecule has 63 heavy (non-hydrogen) atoms. The van der Waals surface area contributed by atoms with Gasteiger partial charge in [-0.05, 0) is 60.7 Å². The molecule has 8 heteroatoms. The molecule has 294 valence electrons. The van der Waals surface area contributed by atoms with Gasteiger partial charge in [0.1, 0.15) is 0 Å². The van der Waals surface area contributed by atoms with Crippen molar-refractivity contribution >= 4 is 75.1 Å². The molecular weight excluding hydrogens is 791 g/mol. The Hall–Kier alpha value is -8.33. The smallest absolute Gasteiger partial charge is 0.235 e. The van der Waals surface area contributed by atoms with Gasteiger partial charge in [-0.15, -0.1) is 11.3 Å². The monoisotopic (exact) mass is 823 g/mol. The van der Waals surface area contributed by atoms with Gasteiger partial charge in [-0.3, -0.25) is 4.57 Å². The fourth-order valence-electron chi connectivity index (χ4n) is 9.24. The second kappa shape index (κ2) is 14.1. The van der Waals surface area contributed by atoms with Gasteiger partial charge in [0.05, 0.1) is 27.8 Å². The minimum absolute atomic E-state index is 0.613. The Morgan fingerprint density at radius 1 is 0.349 bits per heavy atom. The average molecular weight is 824 g/mol. The van der Waals surface area contributed by atoms with Crippen LogP contribution in [0.15, 0.2) is 200 Å². The van der Waals surface area contributed by atoms with Crippen LogP contribution in [0.1, 0.15) is 0 Å². The molecule has 0 saturated carbocycles. The summed E-state index contributed by atoms with van der Waals surface area (Å²) in [6, 6.07) is 67.7. The molecule has 5 aromatic heterocycles. The predicted octanol–water partition coefficient (Wildman–Crippen LogP) is 13.9. The van der Waals surface area contributed by atoms with E-state index in [-0.39, 0.29) is 0 Å². The van der Waals surface area contributed by atoms with Gasteiger partial charge in [0.15, 0.2) is 17.5 Å². The van der Waals surface area contributed by atoms with E-state index in [4.69, 9.17) is 24.9 Å². The Labute approximate surface area is 364 Å². The van der Waals surface area contributed by atoms with Gasteiger partial charge in [-0.1, -0.05) is 133 Å². The largest absolute Gasteiger partial charge is 0.309 e. The van der Waals surface area contributed by atoms with Crippen LogP contribution in [0.4, 0.5) is 0 Å². The van der Waals surface area contributed by atoms with Crippen LogP contribution in [0.2, 0.25) is 0 Å². The first kappa shape index (κ1) is 35.4. The molecule has 13 aromatic rings. The number of hydrogen-bond donors (Lipinski definition) is 0. The fraction of sp³-hybridized carbons (Fsp3) is 0. The van der Waals surface area contributed by atoms with Gasteiger partial charge < -0.3 is 4.57 Å². The van der Waals surface area contributed by atoms with Gasteiger partial charge in [0.25, 0.3) is 0 Å². The summed E-state index contributed by atoms with van der Waals surface area (Å²) in [4.78, 5) is 25.2. The minimum Gasteiger partial charge on any atom is -0.309 e. The molecule has 0 atom stereocenters. The highest BCUT2D eigenvalue weighted by molar-refractivity contribution is 7.25. The lowest BCUT2D eigenvalue weighted by Crippen LogP contribution is -2.02. The number of aromatic nitrogens is 7. The maximum Gasteiger partial charge on any atom is 0.235 e. The molecule has 8 aromatic carbocycles. The van der Waals surface area contributed by atoms with Crippen LogP contribution >= 0.6 is 11.3 Å². The van der Waals surface area contributed by atoms with E-state index in [9.17, 15) is 0 Å². The van der Waals surface area contributed by atoms with Crippen molar-refractivity contribution in [3.8, 4) is 57.1 Å². The lowest BCUT2D eigenvalue weighted by molar-refractivity contribution is 0.992. The van der Waals surface area contributed by atoms with Gasteiger partial charge in [-0.2, -0.15) is 0 Å². The van der Waals surface area contributed by atoms with E-state index < -0.39 is 0 Å². The zero-order valence-corrected chi connectivity index (χ0v) is 34.4. The molecule has 0 spiro atoms. The van der Waals surface area contributed by atoms with Crippen molar-refractivity contribution in [1.29, 1.82) is 0 Å². The van der Waals surface area contributed by atoms with Gasteiger partial charge >= 0.3 is 0 Å². The number of thiophene rings is 1. The summed E-state index contributed by atoms with van der Waals surface area (Å²) < 4.78 is 7.13. The number of benzene rings is 8. The lowest BCUT2D eigenvalue weighted by atomic mass is 10.1. The van der Waals surface area contributed by atoms with Crippen molar-refractivity contribution in [3.05, 3.63) is 200 Å². The third kappa shape index (κ3) is 5.69. The van der Waals surface area contributed by atoms with Crippen LogP contribution in [-0.2, 0) is 0 Å². The van der Waals surface area contributed by atoms with Crippen molar-refractivity contribution in [1.82, 2.24) is 34.1 Å². The highest BCUT2D eigenvalue weighted by Crippen LogP contribution is 2.43. The van der Waals surface area contributed by atoms with E-state index in [0.717, 1.165) is 71.9 Å². The van der Waals surface area contributed by atoms with Crippen LogP contribution in [-0.4, -0.2) is 34.1 Å². The third-order valence-electron chi connectivity index (χ3n) is 12.0. The van der Waals surface area contributed by atoms with E-state index in [2.05, 4.69) is 137 Å². The van der Waals surface area contributed by atoms with E-state index in [1.54, 1.807) is 0 Å². The van der Waals surface area contributed by atoms with Gasteiger partial charge in [0.2, 0.25) is 5.95 Å². The molecule has 0 aliphatic carbocycles. The van der Waals surface area contributed by atoms with Crippen molar-refractivity contribution in [2.75, 3.05) is 0 Å². The standard InChI is InChI=1S/C55H33N7S/c1-3-14-34(15-4-1)52-58-53(35-16-5-2-6-17-35)60-54(59-52)37-18-13-19-38(32-37)61-44-23-10-7-21-40(44)50-46(61)27-28-47-51(50)41-22-8-11-24-45(41)62(47)55-56-31-30-43(57-55)36-26-29-49-42(33-36)39-20-9-12-25-48(39)63-49/h1-33H. The first-order valence-electron chi connectivity index (χ1n) is 20.9. The zero-order valence-electron chi connectivity index (χ0n) is 33.6. The second-order valence-electron chi connectivity index (χ2n) is 15.7. The Morgan fingerprint density at radius 3 is 1.60 bits per heavy atom. The Morgan fingerprint density at radius 2 is 0.905 bits per heavy atom. The number of para-hydroxylation sites is 2. The Bertz CT molecular complexity index is 3870. The molecular formula is C55H33N7S. The fourth-order valence-corrected chi connectivity index (χ4v) is 10.3. The third-order valence-corrected chi connectivity index (χ3v) is 13.2. The molecule has 0 unspecified atom stereocenters. The summed E-state index contributed by atoms with van der Waals surface area (Å²) in [5, 5.41) is 7.15. The normalized spacial score (nSPS) is 11.8. The van der Waals surface area contributed by atoms with Crippen LogP contribution in [0.3, 0.4) is 0 Å². The highest BCUT2D eigenvalue weighted by atomic mass is 32.1. The Balaban J connectivity index is 0.990. The highest BCUT2D eigenvalue weighted by Gasteiger charge is 2.22. The number of rotatable bonds is 6. The molecule has 0 fully saturated rings. The molecule has 0 amide bonds. The lowest BCUT2D eigenvalue weighted by Gasteiger charge is -2.12. The topological polar surface area (TPSA) is 74.3 Å². The van der Waals surface area contributed by atoms with E-state index >= 15 is 0 Å². The number of fused-ring (bicyclic) bond motifs is 10. The van der Waals surface area contributed by atoms with Crippen molar-refractivity contribution < 1.29 is 0 Å². The van der Waals surface area contributed by atoms with Crippen LogP contribution in [0.5, 0.6) is 0 Å². The SMILES string of the molecule is c1ccc(-c2nc(-c3ccccc3)nc(-c3cccc(-n4c5ccccc5c5c6c7ccccc7n(-c7nccc(-c8ccc9sc%10ccccc%10c9c8)n7)c6ccc54)c3)n2)cc1. The molecule has 0 N–H and O–H groups in total. The summed E-state index contributed by atoms with van der Waals surface area (Å²) >= 11 is 1.82. The molecule has 0 aliphatic heterocycles. The maximum absolute atomic E-state index is 5.28. The maximum atomic E-state index is 5.28. The molecule has 0 radical (unpaired) electrons. The average Bonchev–Trinajstić information content (AvgIpc) is 4.02. The predicted molar refractivity (Wildman–Crippen MR) is 259 cm³/mol. The van der Waals surface area contributed by atoms with E-state index in [1.165, 1.54) is 25.6 Å². The van der Waals surface area contributed by atoms with Crippen molar-refractivity contribution in [2.45, 2.75) is 0 Å². The quantitative estimate of drug-likeness (QED) is 0.167. The molecule has 5 heterocycles. The molecule has 0 aliphatic rings. The van der Waals surface area contributed by atoms with Gasteiger partial charge in [0, 0.05) is 75.9 Å². The van der Waals surface area contributed by atoms with Gasteiger partial charge in [-0.25, -0.2) is 24.9 Å². The van der Waals surface area contributed by atoms with Crippen LogP contribution < -0.4 is 0 Å². The van der Waals surface area contributed by atoms with Crippen molar-refractivity contribution in [2.24, 2.45) is 0 Å². The van der Waals surface area contributed by atoms with Crippen molar-refractivity contribution in [3.63, 3.8) is 0 Å². The van der Waals surface area contributed by atoms with E-state index in [1.807, 2.05) is 84.3 Å². The van der Waals surface area contributed by atoms with E-state index in [0.29, 0.717) is 23.4 Å². The summed E-state index contributed by atoms with van der Waals surface area (Å²) in [5.74, 6) is 2.51. The second-order valence-corrected chi connectivity index (χ2v) is 16.8. The summed E-state index contributed by atoms with van der Waals surface area (Å²) in [6.07, 6.45) is 1.88. The number of nitrogens with zero attached hydrogens (tertiary/aromatic N) is 7.